The molecule has 2 amide bonds. The second-order valence-corrected chi connectivity index (χ2v) is 10.2. The number of aryl methyl sites for hydroxylation is 1. The third-order valence-electron chi connectivity index (χ3n) is 7.50. The SMILES string of the molecule is COCCN(Cc1cccn1Cc1ccccc1)C(=O)CN(C(=O)CCc1ccccc1)C1CCCCC1. The lowest BCUT2D eigenvalue weighted by molar-refractivity contribution is -0.143. The summed E-state index contributed by atoms with van der Waals surface area (Å²) in [4.78, 5) is 31.0. The topological polar surface area (TPSA) is 54.8 Å². The zero-order chi connectivity index (χ0) is 26.6. The Balaban J connectivity index is 1.46. The van der Waals surface area contributed by atoms with Crippen LogP contribution in [0.1, 0.15) is 55.3 Å². The maximum atomic E-state index is 13.7. The van der Waals surface area contributed by atoms with Gasteiger partial charge in [-0.3, -0.25) is 9.59 Å². The van der Waals surface area contributed by atoms with Crippen LogP contribution in [0.2, 0.25) is 0 Å². The highest BCUT2D eigenvalue weighted by Gasteiger charge is 2.29. The molecule has 0 aliphatic heterocycles. The fraction of sp³-hybridized carbons (Fsp3) is 0.438. The molecule has 0 unspecified atom stereocenters. The fourth-order valence-electron chi connectivity index (χ4n) is 5.32. The van der Waals surface area contributed by atoms with Crippen molar-refractivity contribution in [2.45, 2.75) is 64.1 Å². The van der Waals surface area contributed by atoms with Gasteiger partial charge >= 0.3 is 0 Å². The van der Waals surface area contributed by atoms with Gasteiger partial charge < -0.3 is 19.1 Å². The lowest BCUT2D eigenvalue weighted by atomic mass is 9.93. The summed E-state index contributed by atoms with van der Waals surface area (Å²) >= 11 is 0. The molecule has 4 rings (SSSR count). The molecule has 2 aromatic carbocycles. The molecule has 6 nitrogen and oxygen atoms in total. The Morgan fingerprint density at radius 1 is 0.868 bits per heavy atom. The van der Waals surface area contributed by atoms with Crippen LogP contribution < -0.4 is 0 Å². The Morgan fingerprint density at radius 3 is 2.24 bits per heavy atom. The molecule has 1 saturated carbocycles. The summed E-state index contributed by atoms with van der Waals surface area (Å²) in [6, 6.07) is 24.7. The van der Waals surface area contributed by atoms with E-state index < -0.39 is 0 Å². The van der Waals surface area contributed by atoms with Crippen molar-refractivity contribution in [3.63, 3.8) is 0 Å². The Bertz CT molecular complexity index is 1120. The molecule has 0 radical (unpaired) electrons. The standard InChI is InChI=1S/C32H41N3O3/c1-38-23-22-34(25-30-18-11-21-33(30)24-28-14-7-3-8-15-28)32(37)26-35(29-16-9-4-10-17-29)31(36)20-19-27-12-5-2-6-13-27/h2-3,5-8,11-15,18,21,29H,4,9-10,16-17,19-20,22-26H2,1H3. The number of aromatic nitrogens is 1. The molecular weight excluding hydrogens is 474 g/mol. The van der Waals surface area contributed by atoms with Crippen molar-refractivity contribution in [1.29, 1.82) is 0 Å². The molecule has 0 N–H and O–H groups in total. The van der Waals surface area contributed by atoms with Crippen molar-refractivity contribution < 1.29 is 14.3 Å². The van der Waals surface area contributed by atoms with E-state index in [0.717, 1.165) is 43.5 Å². The second kappa shape index (κ2) is 14.5. The molecule has 0 saturated heterocycles. The van der Waals surface area contributed by atoms with Gasteiger partial charge in [-0.1, -0.05) is 79.9 Å². The van der Waals surface area contributed by atoms with Gasteiger partial charge in [0.2, 0.25) is 11.8 Å². The summed E-state index contributed by atoms with van der Waals surface area (Å²) in [5.41, 5.74) is 3.43. The second-order valence-electron chi connectivity index (χ2n) is 10.2. The monoisotopic (exact) mass is 515 g/mol. The van der Waals surface area contributed by atoms with Crippen LogP contribution in [0.5, 0.6) is 0 Å². The molecule has 1 aliphatic rings. The Hall–Kier alpha value is -3.38. The molecule has 0 atom stereocenters. The Morgan fingerprint density at radius 2 is 1.55 bits per heavy atom. The van der Waals surface area contributed by atoms with Gasteiger partial charge in [-0.05, 0) is 42.5 Å². The van der Waals surface area contributed by atoms with Crippen LogP contribution in [-0.4, -0.2) is 59.0 Å². The van der Waals surface area contributed by atoms with E-state index in [2.05, 4.69) is 41.1 Å². The number of carbonyl (C=O) groups excluding carboxylic acids is 2. The average molecular weight is 516 g/mol. The fourth-order valence-corrected chi connectivity index (χ4v) is 5.32. The summed E-state index contributed by atoms with van der Waals surface area (Å²) in [5, 5.41) is 0. The van der Waals surface area contributed by atoms with Crippen LogP contribution >= 0.6 is 0 Å². The summed E-state index contributed by atoms with van der Waals surface area (Å²) in [7, 11) is 1.65. The van der Waals surface area contributed by atoms with Crippen LogP contribution in [0.4, 0.5) is 0 Å². The summed E-state index contributed by atoms with van der Waals surface area (Å²) in [5.74, 6) is 0.0568. The van der Waals surface area contributed by atoms with E-state index in [1.165, 1.54) is 12.0 Å². The minimum atomic E-state index is -0.0202. The normalized spacial score (nSPS) is 13.8. The highest BCUT2D eigenvalue weighted by Crippen LogP contribution is 2.24. The predicted molar refractivity (Wildman–Crippen MR) is 151 cm³/mol. The number of nitrogens with zero attached hydrogens (tertiary/aromatic N) is 3. The van der Waals surface area contributed by atoms with Crippen LogP contribution in [-0.2, 0) is 33.8 Å². The first-order valence-electron chi connectivity index (χ1n) is 13.9. The number of carbonyl (C=O) groups is 2. The van der Waals surface area contributed by atoms with Gasteiger partial charge in [0.25, 0.3) is 0 Å². The highest BCUT2D eigenvalue weighted by atomic mass is 16.5. The first-order valence-corrected chi connectivity index (χ1v) is 13.9. The zero-order valence-electron chi connectivity index (χ0n) is 22.6. The number of ether oxygens (including phenoxy) is 1. The van der Waals surface area contributed by atoms with Crippen molar-refractivity contribution >= 4 is 11.8 Å². The molecule has 1 aromatic heterocycles. The van der Waals surface area contributed by atoms with Gasteiger partial charge in [-0.2, -0.15) is 0 Å². The smallest absolute Gasteiger partial charge is 0.242 e. The van der Waals surface area contributed by atoms with Crippen LogP contribution in [0.3, 0.4) is 0 Å². The highest BCUT2D eigenvalue weighted by molar-refractivity contribution is 5.85. The van der Waals surface area contributed by atoms with Crippen molar-refractivity contribution in [3.05, 3.63) is 95.8 Å². The van der Waals surface area contributed by atoms with Crippen molar-refractivity contribution in [3.8, 4) is 0 Å². The van der Waals surface area contributed by atoms with Gasteiger partial charge in [0.05, 0.1) is 13.2 Å². The third kappa shape index (κ3) is 8.06. The molecule has 3 aromatic rings. The maximum Gasteiger partial charge on any atom is 0.242 e. The quantitative estimate of drug-likeness (QED) is 0.310. The minimum absolute atomic E-state index is 0.0202. The Kier molecular flexibility index (Phi) is 10.6. The molecule has 1 aliphatic carbocycles. The van der Waals surface area contributed by atoms with Crippen molar-refractivity contribution in [2.24, 2.45) is 0 Å². The molecule has 38 heavy (non-hydrogen) atoms. The summed E-state index contributed by atoms with van der Waals surface area (Å²) in [6.45, 7) is 2.31. The van der Waals surface area contributed by atoms with Crippen LogP contribution in [0.25, 0.3) is 0 Å². The summed E-state index contributed by atoms with van der Waals surface area (Å²) in [6.07, 6.45) is 8.55. The molecule has 1 heterocycles. The van der Waals surface area contributed by atoms with Crippen LogP contribution in [0, 0.1) is 0 Å². The van der Waals surface area contributed by atoms with Crippen LogP contribution in [0.15, 0.2) is 79.0 Å². The largest absolute Gasteiger partial charge is 0.383 e. The third-order valence-corrected chi connectivity index (χ3v) is 7.50. The number of hydrogen-bond acceptors (Lipinski definition) is 3. The molecule has 202 valence electrons. The maximum absolute atomic E-state index is 13.7. The molecule has 0 spiro atoms. The van der Waals surface area contributed by atoms with E-state index in [-0.39, 0.29) is 24.4 Å². The van der Waals surface area contributed by atoms with E-state index in [1.807, 2.05) is 52.3 Å². The number of rotatable bonds is 13. The van der Waals surface area contributed by atoms with Gasteiger partial charge in [0, 0.05) is 44.6 Å². The van der Waals surface area contributed by atoms with Crippen molar-refractivity contribution in [1.82, 2.24) is 14.4 Å². The zero-order valence-corrected chi connectivity index (χ0v) is 22.6. The number of methoxy groups -OCH3 is 1. The van der Waals surface area contributed by atoms with Gasteiger partial charge in [0.15, 0.2) is 0 Å². The van der Waals surface area contributed by atoms with E-state index in [4.69, 9.17) is 4.74 Å². The Labute approximate surface area is 227 Å². The van der Waals surface area contributed by atoms with Gasteiger partial charge in [0.1, 0.15) is 6.54 Å². The first-order chi connectivity index (χ1) is 18.6. The van der Waals surface area contributed by atoms with Crippen molar-refractivity contribution in [2.75, 3.05) is 26.8 Å². The summed E-state index contributed by atoms with van der Waals surface area (Å²) < 4.78 is 7.53. The molecule has 6 heteroatoms. The lowest BCUT2D eigenvalue weighted by Crippen LogP contribution is -2.48. The predicted octanol–water partition coefficient (Wildman–Crippen LogP) is 5.31. The molecular formula is C32H41N3O3. The number of hydrogen-bond donors (Lipinski definition) is 0. The minimum Gasteiger partial charge on any atom is -0.383 e. The molecule has 1 fully saturated rings. The molecule has 0 bridgehead atoms. The lowest BCUT2D eigenvalue weighted by Gasteiger charge is -2.35. The first kappa shape index (κ1) is 27.6. The van der Waals surface area contributed by atoms with Gasteiger partial charge in [-0.25, -0.2) is 0 Å². The van der Waals surface area contributed by atoms with E-state index in [0.29, 0.717) is 32.5 Å². The number of benzene rings is 2. The van der Waals surface area contributed by atoms with E-state index in [1.54, 1.807) is 7.11 Å². The van der Waals surface area contributed by atoms with E-state index >= 15 is 0 Å². The number of amides is 2. The van der Waals surface area contributed by atoms with E-state index in [9.17, 15) is 9.59 Å². The van der Waals surface area contributed by atoms with Gasteiger partial charge in [-0.15, -0.1) is 0 Å². The average Bonchev–Trinajstić information content (AvgIpc) is 3.40.